The van der Waals surface area contributed by atoms with E-state index in [0.29, 0.717) is 23.1 Å². The number of esters is 1. The number of aliphatic hydroxyl groups is 3. The Morgan fingerprint density at radius 1 is 1.15 bits per heavy atom. The number of ether oxygens (including phenoxy) is 1. The maximum absolute atomic E-state index is 13.1. The van der Waals surface area contributed by atoms with Gasteiger partial charge in [-0.1, -0.05) is 51.1 Å². The first kappa shape index (κ1) is 22.5. The van der Waals surface area contributed by atoms with Gasteiger partial charge in [0.2, 0.25) is 0 Å². The number of Topliss-reactive ketones (excluding diaryl/α,β-unsaturated/α-hetero) is 1. The van der Waals surface area contributed by atoms with Crippen molar-refractivity contribution in [2.45, 2.75) is 57.3 Å². The van der Waals surface area contributed by atoms with Gasteiger partial charge in [0.25, 0.3) is 0 Å². The Morgan fingerprint density at radius 2 is 1.82 bits per heavy atom. The number of aliphatic hydroxyl groups excluding tert-OH is 1. The average Bonchev–Trinajstić information content (AvgIpc) is 3.18. The van der Waals surface area contributed by atoms with Gasteiger partial charge in [0.05, 0.1) is 17.8 Å². The van der Waals surface area contributed by atoms with Crippen LogP contribution in [0.1, 0.15) is 50.9 Å². The van der Waals surface area contributed by atoms with E-state index < -0.39 is 45.8 Å². The number of hydrogen-bond acceptors (Lipinski definition) is 6. The molecule has 0 spiro atoms. The lowest BCUT2D eigenvalue weighted by Crippen LogP contribution is -2.61. The zero-order valence-electron chi connectivity index (χ0n) is 19.5. The predicted octanol–water partition coefficient (Wildman–Crippen LogP) is 2.82. The Balaban J connectivity index is 1.60. The molecule has 6 heteroatoms. The van der Waals surface area contributed by atoms with Gasteiger partial charge in [-0.25, -0.2) is 4.79 Å². The van der Waals surface area contributed by atoms with Gasteiger partial charge < -0.3 is 20.1 Å². The minimum absolute atomic E-state index is 0.0175. The smallest absolute Gasteiger partial charge is 0.338 e. The lowest BCUT2D eigenvalue weighted by Gasteiger charge is -2.50. The molecule has 7 atom stereocenters. The van der Waals surface area contributed by atoms with Crippen molar-refractivity contribution in [1.82, 2.24) is 0 Å². The summed E-state index contributed by atoms with van der Waals surface area (Å²) in [5.74, 6) is -2.66. The zero-order valence-corrected chi connectivity index (χ0v) is 19.5. The molecule has 176 valence electrons. The normalized spacial score (nSPS) is 42.8. The first-order valence-corrected chi connectivity index (χ1v) is 11.7. The van der Waals surface area contributed by atoms with E-state index in [4.69, 9.17) is 4.74 Å². The van der Waals surface area contributed by atoms with Gasteiger partial charge in [-0.3, -0.25) is 4.79 Å². The van der Waals surface area contributed by atoms with Gasteiger partial charge >= 0.3 is 5.97 Å². The van der Waals surface area contributed by atoms with Crippen molar-refractivity contribution >= 4 is 11.8 Å². The van der Waals surface area contributed by atoms with Crippen LogP contribution in [0.4, 0.5) is 0 Å². The van der Waals surface area contributed by atoms with Crippen molar-refractivity contribution in [3.63, 3.8) is 0 Å². The summed E-state index contributed by atoms with van der Waals surface area (Å²) in [7, 11) is 0. The van der Waals surface area contributed by atoms with E-state index in [1.165, 1.54) is 0 Å². The lowest BCUT2D eigenvalue weighted by molar-refractivity contribution is -0.177. The molecule has 0 bridgehead atoms. The van der Waals surface area contributed by atoms with Crippen molar-refractivity contribution in [3.8, 4) is 0 Å². The minimum Gasteiger partial charge on any atom is -0.455 e. The number of fused-ring (bicyclic) bond motifs is 5. The third-order valence-electron chi connectivity index (χ3n) is 9.16. The second-order valence-corrected chi connectivity index (χ2v) is 11.1. The Morgan fingerprint density at radius 3 is 2.45 bits per heavy atom. The molecule has 0 aliphatic heterocycles. The molecule has 1 aromatic rings. The van der Waals surface area contributed by atoms with Crippen LogP contribution in [0.15, 0.2) is 53.6 Å². The highest BCUT2D eigenvalue weighted by Crippen LogP contribution is 2.76. The van der Waals surface area contributed by atoms with Crippen LogP contribution in [0.25, 0.3) is 0 Å². The summed E-state index contributed by atoms with van der Waals surface area (Å²) in [5, 5.41) is 33.9. The molecule has 0 radical (unpaired) electrons. The van der Waals surface area contributed by atoms with E-state index in [9.17, 15) is 24.9 Å². The quantitative estimate of drug-likeness (QED) is 0.481. The molecule has 0 saturated heterocycles. The molecule has 2 saturated carbocycles. The van der Waals surface area contributed by atoms with Crippen molar-refractivity contribution in [2.75, 3.05) is 6.61 Å². The highest BCUT2D eigenvalue weighted by Gasteiger charge is 2.83. The summed E-state index contributed by atoms with van der Waals surface area (Å²) in [4.78, 5) is 26.0. The third-order valence-corrected chi connectivity index (χ3v) is 9.16. The van der Waals surface area contributed by atoms with Gasteiger partial charge in [-0.15, -0.1) is 0 Å². The largest absolute Gasteiger partial charge is 0.455 e. The molecular weight excluding hydrogens is 420 g/mol. The fourth-order valence-electron chi connectivity index (χ4n) is 7.40. The maximum Gasteiger partial charge on any atom is 0.338 e. The Kier molecular flexibility index (Phi) is 4.69. The standard InChI is InChI=1S/C27H32O6/c1-15-10-20-25(31,22(15)29)13-17(14-28)11-19-21-24(3,4)26(21,12-16(2)27(19,20)32)33-23(30)18-8-6-5-7-9-18/h5-11,16,19-21,28,31-32H,12-14H2,1-4H3/t16-,19+,20-,21-,25-,26+,27-/m1/s1. The molecule has 3 N–H and O–H groups in total. The van der Waals surface area contributed by atoms with Gasteiger partial charge in [0.15, 0.2) is 5.78 Å². The van der Waals surface area contributed by atoms with Crippen LogP contribution >= 0.6 is 0 Å². The molecule has 0 unspecified atom stereocenters. The molecule has 33 heavy (non-hydrogen) atoms. The Bertz CT molecular complexity index is 1090. The number of carbonyl (C=O) groups is 2. The van der Waals surface area contributed by atoms with E-state index in [0.717, 1.165) is 0 Å². The van der Waals surface area contributed by atoms with Gasteiger partial charge in [-0.2, -0.15) is 0 Å². The molecule has 2 fully saturated rings. The lowest BCUT2D eigenvalue weighted by atomic mass is 9.60. The van der Waals surface area contributed by atoms with E-state index in [2.05, 4.69) is 0 Å². The molecular formula is C27H32O6. The minimum atomic E-state index is -1.78. The number of rotatable bonds is 3. The van der Waals surface area contributed by atoms with Crippen LogP contribution in [-0.4, -0.2) is 50.5 Å². The third kappa shape index (κ3) is 2.71. The summed E-state index contributed by atoms with van der Waals surface area (Å²) in [6, 6.07) is 8.87. The molecule has 6 nitrogen and oxygen atoms in total. The molecule has 5 rings (SSSR count). The molecule has 0 heterocycles. The molecule has 0 aromatic heterocycles. The van der Waals surface area contributed by atoms with Crippen molar-refractivity contribution in [2.24, 2.45) is 29.1 Å². The highest BCUT2D eigenvalue weighted by molar-refractivity contribution is 6.04. The fourth-order valence-corrected chi connectivity index (χ4v) is 7.40. The van der Waals surface area contributed by atoms with Crippen LogP contribution in [0.3, 0.4) is 0 Å². The van der Waals surface area contributed by atoms with Crippen molar-refractivity contribution in [1.29, 1.82) is 0 Å². The highest BCUT2D eigenvalue weighted by atomic mass is 16.6. The summed E-state index contributed by atoms with van der Waals surface area (Å²) in [6.07, 6.45) is 3.95. The van der Waals surface area contributed by atoms with Crippen LogP contribution in [0.5, 0.6) is 0 Å². The molecule has 1 aromatic carbocycles. The molecule has 0 amide bonds. The first-order chi connectivity index (χ1) is 15.4. The second kappa shape index (κ2) is 6.87. The van der Waals surface area contributed by atoms with Crippen LogP contribution in [0, 0.1) is 29.1 Å². The number of ketones is 1. The van der Waals surface area contributed by atoms with Crippen LogP contribution in [0.2, 0.25) is 0 Å². The Labute approximate surface area is 194 Å². The number of carbonyl (C=O) groups excluding carboxylic acids is 2. The van der Waals surface area contributed by atoms with Gasteiger partial charge in [0.1, 0.15) is 11.2 Å². The van der Waals surface area contributed by atoms with E-state index >= 15 is 0 Å². The Hall–Kier alpha value is -2.28. The summed E-state index contributed by atoms with van der Waals surface area (Å²) in [6.45, 7) is 7.33. The summed E-state index contributed by atoms with van der Waals surface area (Å²) < 4.78 is 6.22. The van der Waals surface area contributed by atoms with E-state index in [1.807, 2.05) is 32.9 Å². The summed E-state index contributed by atoms with van der Waals surface area (Å²) >= 11 is 0. The van der Waals surface area contributed by atoms with E-state index in [1.54, 1.807) is 37.3 Å². The van der Waals surface area contributed by atoms with Crippen LogP contribution in [-0.2, 0) is 9.53 Å². The second-order valence-electron chi connectivity index (χ2n) is 11.1. The van der Waals surface area contributed by atoms with Crippen molar-refractivity contribution in [3.05, 3.63) is 59.2 Å². The van der Waals surface area contributed by atoms with E-state index in [-0.39, 0.29) is 24.9 Å². The molecule has 4 aliphatic rings. The topological polar surface area (TPSA) is 104 Å². The van der Waals surface area contributed by atoms with Gasteiger partial charge in [-0.05, 0) is 42.5 Å². The predicted molar refractivity (Wildman–Crippen MR) is 121 cm³/mol. The summed E-state index contributed by atoms with van der Waals surface area (Å²) in [5.41, 5.74) is -2.97. The maximum atomic E-state index is 13.1. The monoisotopic (exact) mass is 452 g/mol. The van der Waals surface area contributed by atoms with Crippen molar-refractivity contribution < 1.29 is 29.6 Å². The zero-order chi connectivity index (χ0) is 24.0. The fraction of sp³-hybridized carbons (Fsp3) is 0.556. The van der Waals surface area contributed by atoms with Gasteiger partial charge in [0, 0.05) is 29.6 Å². The average molecular weight is 453 g/mol. The molecule has 4 aliphatic carbocycles. The number of benzene rings is 1. The SMILES string of the molecule is CC1=C[C@H]2[C@@]3(O)[C@H](C)C[C@]4(OC(=O)c5ccccc5)[C@H]([C@@H]3C=C(CO)C[C@]2(O)C1=O)C4(C)C. The van der Waals surface area contributed by atoms with Crippen LogP contribution < -0.4 is 0 Å². The first-order valence-electron chi connectivity index (χ1n) is 11.7. The number of hydrogen-bond donors (Lipinski definition) is 3.